The number of carbonyl (C=O) groups excluding carboxylic acids is 1. The molecule has 0 atom stereocenters. The Morgan fingerprint density at radius 2 is 1.58 bits per heavy atom. The molecule has 0 aliphatic carbocycles. The minimum atomic E-state index is -0.196. The van der Waals surface area contributed by atoms with Crippen LogP contribution in [0.25, 0.3) is 22.4 Å². The molecule has 1 N–H and O–H groups in total. The fraction of sp³-hybridized carbons (Fsp3) is 0.207. The highest BCUT2D eigenvalue weighted by Gasteiger charge is 2.19. The lowest BCUT2D eigenvalue weighted by atomic mass is 10.0. The molecule has 1 amide bonds. The fourth-order valence-electron chi connectivity index (χ4n) is 4.33. The number of rotatable bonds is 9. The third kappa shape index (κ3) is 5.38. The molecule has 38 heavy (non-hydrogen) atoms. The largest absolute Gasteiger partial charge is 0.409 e. The summed E-state index contributed by atoms with van der Waals surface area (Å²) in [6, 6.07) is 23.0. The van der Waals surface area contributed by atoms with Gasteiger partial charge < -0.3 is 9.73 Å². The summed E-state index contributed by atoms with van der Waals surface area (Å²) >= 11 is 1.16. The maximum Gasteiger partial charge on any atom is 0.277 e. The first-order valence-electron chi connectivity index (χ1n) is 12.5. The minimum Gasteiger partial charge on any atom is -0.409 e. The second-order valence-electron chi connectivity index (χ2n) is 8.71. The second kappa shape index (κ2) is 11.4. The van der Waals surface area contributed by atoms with Gasteiger partial charge in [0.05, 0.1) is 17.7 Å². The Hall–Kier alpha value is -4.24. The van der Waals surface area contributed by atoms with Gasteiger partial charge in [-0.3, -0.25) is 9.59 Å². The van der Waals surface area contributed by atoms with Crippen molar-refractivity contribution in [3.05, 3.63) is 99.8 Å². The molecule has 2 aromatic heterocycles. The maximum absolute atomic E-state index is 13.1. The first-order valence-corrected chi connectivity index (χ1v) is 13.5. The third-order valence-electron chi connectivity index (χ3n) is 6.24. The number of para-hydroxylation sites is 1. The zero-order valence-corrected chi connectivity index (χ0v) is 22.0. The van der Waals surface area contributed by atoms with Crippen molar-refractivity contribution in [1.29, 1.82) is 0 Å². The molecular formula is C29H27N5O3S. The molecule has 3 aromatic carbocycles. The van der Waals surface area contributed by atoms with Gasteiger partial charge in [-0.1, -0.05) is 92.3 Å². The van der Waals surface area contributed by atoms with E-state index in [4.69, 9.17) is 4.42 Å². The zero-order valence-electron chi connectivity index (χ0n) is 21.2. The fourth-order valence-corrected chi connectivity index (χ4v) is 4.89. The molecule has 0 saturated carbocycles. The Labute approximate surface area is 224 Å². The predicted octanol–water partition coefficient (Wildman–Crippen LogP) is 5.35. The molecule has 0 spiro atoms. The molecule has 8 nitrogen and oxygen atoms in total. The van der Waals surface area contributed by atoms with E-state index in [0.29, 0.717) is 23.0 Å². The molecule has 9 heteroatoms. The highest BCUT2D eigenvalue weighted by molar-refractivity contribution is 7.99. The summed E-state index contributed by atoms with van der Waals surface area (Å²) in [5.41, 5.74) is 4.26. The van der Waals surface area contributed by atoms with Gasteiger partial charge in [0.1, 0.15) is 0 Å². The minimum absolute atomic E-state index is 0.116. The molecule has 0 unspecified atom stereocenters. The van der Waals surface area contributed by atoms with Crippen LogP contribution in [0.2, 0.25) is 0 Å². The lowest BCUT2D eigenvalue weighted by Gasteiger charge is -2.14. The monoisotopic (exact) mass is 525 g/mol. The number of thioether (sulfide) groups is 1. The number of fused-ring (bicyclic) bond motifs is 1. The van der Waals surface area contributed by atoms with E-state index in [1.54, 1.807) is 6.07 Å². The lowest BCUT2D eigenvalue weighted by Crippen LogP contribution is -2.24. The Kier molecular flexibility index (Phi) is 7.65. The van der Waals surface area contributed by atoms with E-state index < -0.39 is 0 Å². The van der Waals surface area contributed by atoms with Crippen LogP contribution in [0, 0.1) is 0 Å². The molecule has 0 aliphatic heterocycles. The van der Waals surface area contributed by atoms with Crippen molar-refractivity contribution in [2.75, 3.05) is 11.1 Å². The molecule has 0 radical (unpaired) electrons. The van der Waals surface area contributed by atoms with Crippen molar-refractivity contribution in [1.82, 2.24) is 20.0 Å². The molecule has 0 saturated heterocycles. The Balaban J connectivity index is 1.37. The van der Waals surface area contributed by atoms with Crippen LogP contribution >= 0.6 is 11.8 Å². The van der Waals surface area contributed by atoms with Crippen LogP contribution in [0.4, 0.5) is 5.69 Å². The quantitative estimate of drug-likeness (QED) is 0.259. The summed E-state index contributed by atoms with van der Waals surface area (Å²) in [4.78, 5) is 25.9. The lowest BCUT2D eigenvalue weighted by molar-refractivity contribution is -0.113. The molecule has 5 aromatic rings. The molecule has 2 heterocycles. The Morgan fingerprint density at radius 3 is 2.29 bits per heavy atom. The van der Waals surface area contributed by atoms with E-state index in [9.17, 15) is 9.59 Å². The van der Waals surface area contributed by atoms with Gasteiger partial charge in [-0.2, -0.15) is 5.10 Å². The summed E-state index contributed by atoms with van der Waals surface area (Å²) in [7, 11) is 0. The standard InChI is InChI=1S/C29H27N5O3S/c1-3-20-13-10-14-21(4-2)25(20)30-24(35)18-38-29-32-31-27(37-29)26-22-15-8-9-16-23(22)28(36)34(33-26)17-19-11-6-5-7-12-19/h5-16H,3-4,17-18H2,1-2H3,(H,30,35). The van der Waals surface area contributed by atoms with Crippen molar-refractivity contribution in [3.63, 3.8) is 0 Å². The number of benzene rings is 3. The topological polar surface area (TPSA) is 103 Å². The molecule has 0 bridgehead atoms. The Morgan fingerprint density at radius 1 is 0.895 bits per heavy atom. The van der Waals surface area contributed by atoms with Gasteiger partial charge in [0.2, 0.25) is 5.91 Å². The van der Waals surface area contributed by atoms with Gasteiger partial charge >= 0.3 is 0 Å². The average molecular weight is 526 g/mol. The van der Waals surface area contributed by atoms with Gasteiger partial charge in [-0.15, -0.1) is 10.2 Å². The van der Waals surface area contributed by atoms with Gasteiger partial charge in [-0.05, 0) is 35.6 Å². The number of hydrogen-bond acceptors (Lipinski definition) is 7. The molecule has 192 valence electrons. The highest BCUT2D eigenvalue weighted by atomic mass is 32.2. The van der Waals surface area contributed by atoms with E-state index >= 15 is 0 Å². The van der Waals surface area contributed by atoms with Gasteiger partial charge in [0.25, 0.3) is 16.7 Å². The number of amides is 1. The van der Waals surface area contributed by atoms with Crippen molar-refractivity contribution in [3.8, 4) is 11.6 Å². The normalized spacial score (nSPS) is 11.1. The van der Waals surface area contributed by atoms with Gasteiger partial charge in [-0.25, -0.2) is 4.68 Å². The van der Waals surface area contributed by atoms with Gasteiger partial charge in [0, 0.05) is 11.1 Å². The van der Waals surface area contributed by atoms with Crippen molar-refractivity contribution < 1.29 is 9.21 Å². The van der Waals surface area contributed by atoms with E-state index in [-0.39, 0.29) is 28.3 Å². The van der Waals surface area contributed by atoms with E-state index in [2.05, 4.69) is 34.5 Å². The molecule has 0 fully saturated rings. The van der Waals surface area contributed by atoms with Crippen LogP contribution in [0.5, 0.6) is 0 Å². The van der Waals surface area contributed by atoms with E-state index in [1.807, 2.05) is 66.7 Å². The summed E-state index contributed by atoms with van der Waals surface area (Å²) in [5, 5.41) is 17.3. The number of anilines is 1. The molecule has 0 aliphatic rings. The summed E-state index contributed by atoms with van der Waals surface area (Å²) in [6.45, 7) is 4.45. The number of hydrogen-bond donors (Lipinski definition) is 1. The zero-order chi connectivity index (χ0) is 26.5. The van der Waals surface area contributed by atoms with Crippen molar-refractivity contribution >= 4 is 34.1 Å². The van der Waals surface area contributed by atoms with Crippen LogP contribution in [0.15, 0.2) is 87.2 Å². The number of aryl methyl sites for hydroxylation is 2. The predicted molar refractivity (Wildman–Crippen MR) is 149 cm³/mol. The van der Waals surface area contributed by atoms with E-state index in [1.165, 1.54) is 4.68 Å². The van der Waals surface area contributed by atoms with Crippen molar-refractivity contribution in [2.24, 2.45) is 0 Å². The van der Waals surface area contributed by atoms with Crippen LogP contribution in [-0.4, -0.2) is 31.6 Å². The van der Waals surface area contributed by atoms with E-state index in [0.717, 1.165) is 47.0 Å². The Bertz CT molecular complexity index is 1620. The molecular weight excluding hydrogens is 498 g/mol. The van der Waals surface area contributed by atoms with Crippen LogP contribution < -0.4 is 10.9 Å². The highest BCUT2D eigenvalue weighted by Crippen LogP contribution is 2.27. The van der Waals surface area contributed by atoms with Crippen LogP contribution in [0.1, 0.15) is 30.5 Å². The summed E-state index contributed by atoms with van der Waals surface area (Å²) in [6.07, 6.45) is 1.66. The summed E-state index contributed by atoms with van der Waals surface area (Å²) < 4.78 is 7.31. The smallest absolute Gasteiger partial charge is 0.277 e. The van der Waals surface area contributed by atoms with Crippen LogP contribution in [0.3, 0.4) is 0 Å². The number of carbonyl (C=O) groups is 1. The number of aromatic nitrogens is 4. The summed E-state index contributed by atoms with van der Waals surface area (Å²) in [5.74, 6) is 0.158. The maximum atomic E-state index is 13.1. The average Bonchev–Trinajstić information content (AvgIpc) is 3.43. The second-order valence-corrected chi connectivity index (χ2v) is 9.64. The SMILES string of the molecule is CCc1cccc(CC)c1NC(=O)CSc1nnc(-c2nn(Cc3ccccc3)c(=O)c3ccccc23)o1. The van der Waals surface area contributed by atoms with Crippen molar-refractivity contribution in [2.45, 2.75) is 38.5 Å². The van der Waals surface area contributed by atoms with Gasteiger partial charge in [0.15, 0.2) is 5.69 Å². The number of nitrogens with one attached hydrogen (secondary N) is 1. The first-order chi connectivity index (χ1) is 18.6. The number of nitrogens with zero attached hydrogens (tertiary/aromatic N) is 4. The first kappa shape index (κ1) is 25.4. The molecule has 5 rings (SSSR count). The van der Waals surface area contributed by atoms with Crippen LogP contribution in [-0.2, 0) is 24.2 Å². The third-order valence-corrected chi connectivity index (χ3v) is 7.06.